The number of hydrogen-bond donors (Lipinski definition) is 2. The van der Waals surface area contributed by atoms with Gasteiger partial charge < -0.3 is 10.1 Å². The van der Waals surface area contributed by atoms with Gasteiger partial charge in [0.1, 0.15) is 11.4 Å². The summed E-state index contributed by atoms with van der Waals surface area (Å²) in [6, 6.07) is 4.94. The minimum absolute atomic E-state index is 0.199. The lowest BCUT2D eigenvalue weighted by Crippen LogP contribution is -2.44. The number of fused-ring (bicyclic) bond motifs is 1. The van der Waals surface area contributed by atoms with Crippen LogP contribution in [0, 0.1) is 0 Å². The summed E-state index contributed by atoms with van der Waals surface area (Å²) in [7, 11) is -3.43. The molecule has 0 atom stereocenters. The monoisotopic (exact) mass is 298 g/mol. The summed E-state index contributed by atoms with van der Waals surface area (Å²) >= 11 is 0. The van der Waals surface area contributed by atoms with Gasteiger partial charge in [-0.2, -0.15) is 0 Å². The second kappa shape index (κ2) is 5.61. The Balaban J connectivity index is 2.32. The second-order valence-electron chi connectivity index (χ2n) is 5.01. The predicted molar refractivity (Wildman–Crippen MR) is 79.7 cm³/mol. The summed E-state index contributed by atoms with van der Waals surface area (Å²) in [5.41, 5.74) is 0.538. The molecule has 0 spiro atoms. The van der Waals surface area contributed by atoms with E-state index in [0.29, 0.717) is 13.1 Å². The highest BCUT2D eigenvalue weighted by atomic mass is 32.2. The van der Waals surface area contributed by atoms with Crippen molar-refractivity contribution in [3.05, 3.63) is 18.2 Å². The maximum Gasteiger partial charge on any atom is 0.240 e. The number of hydrogen-bond acceptors (Lipinski definition) is 4. The van der Waals surface area contributed by atoms with E-state index in [0.717, 1.165) is 24.3 Å². The van der Waals surface area contributed by atoms with Gasteiger partial charge in [0.15, 0.2) is 0 Å². The smallest absolute Gasteiger partial charge is 0.240 e. The second-order valence-corrected chi connectivity index (χ2v) is 6.77. The number of ether oxygens (including phenoxy) is 1. The van der Waals surface area contributed by atoms with Crippen LogP contribution in [0.3, 0.4) is 0 Å². The van der Waals surface area contributed by atoms with E-state index in [-0.39, 0.29) is 10.5 Å². The standard InChI is InChI=1S/C14H22N2O3S/c1-4-14(5-2)10-15-12-9-11(7-8-13(12)19-14)20(17,18)16-6-3/h7-9,15-16H,4-6,10H2,1-3H3. The van der Waals surface area contributed by atoms with Gasteiger partial charge in [0.05, 0.1) is 17.1 Å². The van der Waals surface area contributed by atoms with Crippen LogP contribution in [0.15, 0.2) is 23.1 Å². The number of anilines is 1. The van der Waals surface area contributed by atoms with Crippen LogP contribution < -0.4 is 14.8 Å². The summed E-state index contributed by atoms with van der Waals surface area (Å²) in [5.74, 6) is 0.718. The molecule has 0 fully saturated rings. The van der Waals surface area contributed by atoms with Gasteiger partial charge in [-0.25, -0.2) is 13.1 Å². The van der Waals surface area contributed by atoms with E-state index in [2.05, 4.69) is 23.9 Å². The number of nitrogens with one attached hydrogen (secondary N) is 2. The maximum absolute atomic E-state index is 12.0. The fourth-order valence-electron chi connectivity index (χ4n) is 2.35. The van der Waals surface area contributed by atoms with Gasteiger partial charge in [0.25, 0.3) is 0 Å². The third kappa shape index (κ3) is 2.76. The van der Waals surface area contributed by atoms with Gasteiger partial charge in [-0.3, -0.25) is 0 Å². The van der Waals surface area contributed by atoms with Gasteiger partial charge in [-0.15, -0.1) is 0 Å². The van der Waals surface area contributed by atoms with Crippen molar-refractivity contribution in [2.45, 2.75) is 44.1 Å². The number of rotatable bonds is 5. The average molecular weight is 298 g/mol. The van der Waals surface area contributed by atoms with Crippen molar-refractivity contribution in [2.75, 3.05) is 18.4 Å². The molecule has 6 heteroatoms. The van der Waals surface area contributed by atoms with Crippen molar-refractivity contribution in [2.24, 2.45) is 0 Å². The highest BCUT2D eigenvalue weighted by Gasteiger charge is 2.33. The first-order chi connectivity index (χ1) is 9.46. The third-order valence-corrected chi connectivity index (χ3v) is 5.36. The average Bonchev–Trinajstić information content (AvgIpc) is 2.46. The van der Waals surface area contributed by atoms with E-state index in [1.54, 1.807) is 25.1 Å². The van der Waals surface area contributed by atoms with Gasteiger partial charge in [0.2, 0.25) is 10.0 Å². The lowest BCUT2D eigenvalue weighted by molar-refractivity contribution is 0.0670. The predicted octanol–water partition coefficient (Wildman–Crippen LogP) is 2.35. The van der Waals surface area contributed by atoms with Crippen LogP contribution in [-0.2, 0) is 10.0 Å². The molecule has 5 nitrogen and oxygen atoms in total. The van der Waals surface area contributed by atoms with Crippen molar-refractivity contribution >= 4 is 15.7 Å². The van der Waals surface area contributed by atoms with Crippen LogP contribution in [0.1, 0.15) is 33.6 Å². The quantitative estimate of drug-likeness (QED) is 0.875. The van der Waals surface area contributed by atoms with Crippen molar-refractivity contribution in [1.29, 1.82) is 0 Å². The third-order valence-electron chi connectivity index (χ3n) is 3.81. The molecular weight excluding hydrogens is 276 g/mol. The van der Waals surface area contributed by atoms with Crippen molar-refractivity contribution in [3.63, 3.8) is 0 Å². The van der Waals surface area contributed by atoms with Gasteiger partial charge in [0, 0.05) is 6.54 Å². The Bertz CT molecular complexity index is 580. The molecule has 20 heavy (non-hydrogen) atoms. The Labute approximate surface area is 120 Å². The van der Waals surface area contributed by atoms with Gasteiger partial charge in [-0.05, 0) is 31.0 Å². The van der Waals surface area contributed by atoms with Crippen LogP contribution >= 0.6 is 0 Å². The molecule has 1 heterocycles. The highest BCUT2D eigenvalue weighted by Crippen LogP contribution is 2.37. The summed E-state index contributed by atoms with van der Waals surface area (Å²) in [6.45, 7) is 7.02. The molecule has 0 bridgehead atoms. The van der Waals surface area contributed by atoms with Crippen molar-refractivity contribution in [3.8, 4) is 5.75 Å². The van der Waals surface area contributed by atoms with Crippen LogP contribution in [0.4, 0.5) is 5.69 Å². The summed E-state index contributed by atoms with van der Waals surface area (Å²) in [6.07, 6.45) is 1.82. The molecule has 1 aromatic rings. The SMILES string of the molecule is CCNS(=O)(=O)c1ccc2c(c1)NCC(CC)(CC)O2. The molecule has 0 unspecified atom stereocenters. The molecule has 112 valence electrons. The number of sulfonamides is 1. The van der Waals surface area contributed by atoms with Crippen LogP contribution in [0.25, 0.3) is 0 Å². The zero-order valence-corrected chi connectivity index (χ0v) is 13.0. The zero-order valence-electron chi connectivity index (χ0n) is 12.2. The fourth-order valence-corrected chi connectivity index (χ4v) is 3.41. The Kier molecular flexibility index (Phi) is 4.25. The molecule has 1 aliphatic rings. The number of benzene rings is 1. The van der Waals surface area contributed by atoms with Gasteiger partial charge >= 0.3 is 0 Å². The molecular formula is C14H22N2O3S. The summed E-state index contributed by atoms with van der Waals surface area (Å²) in [4.78, 5) is 0.259. The maximum atomic E-state index is 12.0. The molecule has 0 saturated carbocycles. The van der Waals surface area contributed by atoms with Gasteiger partial charge in [-0.1, -0.05) is 20.8 Å². The van der Waals surface area contributed by atoms with E-state index in [1.165, 1.54) is 0 Å². The molecule has 0 amide bonds. The molecule has 1 aliphatic heterocycles. The Morgan fingerprint density at radius 2 is 2.00 bits per heavy atom. The Morgan fingerprint density at radius 1 is 1.30 bits per heavy atom. The summed E-state index contributed by atoms with van der Waals surface area (Å²) < 4.78 is 32.5. The van der Waals surface area contributed by atoms with Crippen LogP contribution in [0.5, 0.6) is 5.75 Å². The minimum atomic E-state index is -3.43. The molecule has 2 N–H and O–H groups in total. The molecule has 1 aromatic carbocycles. The van der Waals surface area contributed by atoms with Crippen molar-refractivity contribution in [1.82, 2.24) is 4.72 Å². The minimum Gasteiger partial charge on any atom is -0.483 e. The van der Waals surface area contributed by atoms with E-state index >= 15 is 0 Å². The molecule has 2 rings (SSSR count). The van der Waals surface area contributed by atoms with E-state index < -0.39 is 10.0 Å². The molecule has 0 radical (unpaired) electrons. The Morgan fingerprint density at radius 3 is 2.60 bits per heavy atom. The summed E-state index contributed by atoms with van der Waals surface area (Å²) in [5, 5.41) is 3.29. The first kappa shape index (κ1) is 15.1. The zero-order chi connectivity index (χ0) is 14.8. The lowest BCUT2D eigenvalue weighted by Gasteiger charge is -2.38. The first-order valence-electron chi connectivity index (χ1n) is 7.03. The van der Waals surface area contributed by atoms with Crippen molar-refractivity contribution < 1.29 is 13.2 Å². The first-order valence-corrected chi connectivity index (χ1v) is 8.51. The van der Waals surface area contributed by atoms with E-state index in [4.69, 9.17) is 4.74 Å². The Hall–Kier alpha value is -1.27. The van der Waals surface area contributed by atoms with Crippen LogP contribution in [-0.4, -0.2) is 27.1 Å². The fraction of sp³-hybridized carbons (Fsp3) is 0.571. The molecule has 0 saturated heterocycles. The van der Waals surface area contributed by atoms with Crippen LogP contribution in [0.2, 0.25) is 0 Å². The topological polar surface area (TPSA) is 67.4 Å². The van der Waals surface area contributed by atoms with E-state index in [1.807, 2.05) is 0 Å². The molecule has 0 aliphatic carbocycles. The highest BCUT2D eigenvalue weighted by molar-refractivity contribution is 7.89. The normalized spacial score (nSPS) is 16.9. The largest absolute Gasteiger partial charge is 0.483 e. The van der Waals surface area contributed by atoms with E-state index in [9.17, 15) is 8.42 Å². The molecule has 0 aromatic heterocycles. The lowest BCUT2D eigenvalue weighted by atomic mass is 9.95.